The number of allylic oxidation sites excluding steroid dienone is 2. The van der Waals surface area contributed by atoms with Crippen LogP contribution in [0.15, 0.2) is 70.3 Å². The van der Waals surface area contributed by atoms with Crippen molar-refractivity contribution in [2.45, 2.75) is 118 Å². The van der Waals surface area contributed by atoms with Crippen LogP contribution in [0.2, 0.25) is 0 Å². The predicted octanol–water partition coefficient (Wildman–Crippen LogP) is 12.4. The number of hydrogen-bond acceptors (Lipinski definition) is 4. The van der Waals surface area contributed by atoms with Gasteiger partial charge in [-0.3, -0.25) is 9.78 Å². The van der Waals surface area contributed by atoms with E-state index in [0.29, 0.717) is 0 Å². The molecular weight excluding hydrogens is 775 g/mol. The molecule has 1 N–H and O–H groups in total. The van der Waals surface area contributed by atoms with Crippen molar-refractivity contribution in [2.75, 3.05) is 0 Å². The summed E-state index contributed by atoms with van der Waals surface area (Å²) in [5.41, 5.74) is 5.56. The van der Waals surface area contributed by atoms with Gasteiger partial charge in [-0.15, -0.1) is 29.3 Å². The quantitative estimate of drug-likeness (QED) is 0.0913. The Morgan fingerprint density at radius 3 is 2.11 bits per heavy atom. The van der Waals surface area contributed by atoms with Crippen molar-refractivity contribution in [3.8, 4) is 11.3 Å². The molecule has 0 bridgehead atoms. The van der Waals surface area contributed by atoms with Crippen molar-refractivity contribution in [3.05, 3.63) is 77.7 Å². The van der Waals surface area contributed by atoms with Gasteiger partial charge in [0.1, 0.15) is 0 Å². The van der Waals surface area contributed by atoms with Crippen LogP contribution in [-0.2, 0) is 37.7 Å². The maximum atomic E-state index is 11.7. The zero-order valence-electron chi connectivity index (χ0n) is 30.1. The van der Waals surface area contributed by atoms with Crippen LogP contribution in [0, 0.1) is 28.7 Å². The Kier molecular flexibility index (Phi) is 13.5. The molecule has 4 aromatic rings. The fourth-order valence-electron chi connectivity index (χ4n) is 6.52. The van der Waals surface area contributed by atoms with E-state index in [0.717, 1.165) is 44.2 Å². The predicted molar refractivity (Wildman–Crippen MR) is 198 cm³/mol. The summed E-state index contributed by atoms with van der Waals surface area (Å²) in [5, 5.41) is 14.8. The number of hydrogen-bond donors (Lipinski definition) is 1. The van der Waals surface area contributed by atoms with Crippen LogP contribution in [0.1, 0.15) is 106 Å². The van der Waals surface area contributed by atoms with Crippen molar-refractivity contribution >= 4 is 39.1 Å². The SMILES string of the molecule is CC(C)(C)Cc1cc2c3c(nccc3c1)-c1[c-]c3ccccc3c(CC(C)(C)C)c1S2.CCC(CC)C(=O)/C=C(\O)C(CC)CC.[Ir]. The van der Waals surface area contributed by atoms with Crippen LogP contribution in [0.4, 0.5) is 0 Å². The van der Waals surface area contributed by atoms with Gasteiger partial charge in [-0.05, 0) is 82.7 Å². The zero-order chi connectivity index (χ0) is 33.8. The summed E-state index contributed by atoms with van der Waals surface area (Å²) >= 11 is 1.93. The number of aromatic nitrogens is 1. The summed E-state index contributed by atoms with van der Waals surface area (Å²) in [6.45, 7) is 22.0. The molecular formula is C42H54IrNO2S-. The molecule has 1 aliphatic heterocycles. The maximum Gasteiger partial charge on any atom is 0.162 e. The van der Waals surface area contributed by atoms with Gasteiger partial charge in [-0.2, -0.15) is 0 Å². The van der Waals surface area contributed by atoms with E-state index in [9.17, 15) is 9.90 Å². The Balaban J connectivity index is 0.000000322. The third-order valence-corrected chi connectivity index (χ3v) is 10.1. The van der Waals surface area contributed by atoms with Gasteiger partial charge in [0.25, 0.3) is 0 Å². The second-order valence-electron chi connectivity index (χ2n) is 15.3. The van der Waals surface area contributed by atoms with E-state index in [1.54, 1.807) is 0 Å². The first kappa shape index (κ1) is 39.0. The topological polar surface area (TPSA) is 50.2 Å². The molecule has 5 rings (SSSR count). The summed E-state index contributed by atoms with van der Waals surface area (Å²) in [7, 11) is 0. The molecule has 1 radical (unpaired) electrons. The molecule has 0 saturated carbocycles. The largest absolute Gasteiger partial charge is 0.512 e. The van der Waals surface area contributed by atoms with E-state index in [2.05, 4.69) is 90.1 Å². The third-order valence-electron chi connectivity index (χ3n) is 8.87. The minimum absolute atomic E-state index is 0. The normalized spacial score (nSPS) is 13.0. The van der Waals surface area contributed by atoms with Crippen LogP contribution < -0.4 is 0 Å². The fourth-order valence-corrected chi connectivity index (χ4v) is 7.82. The number of aliphatic hydroxyl groups is 1. The number of aliphatic hydroxyl groups excluding tert-OH is 1. The summed E-state index contributed by atoms with van der Waals surface area (Å²) in [4.78, 5) is 19.3. The van der Waals surface area contributed by atoms with Crippen LogP contribution in [0.3, 0.4) is 0 Å². The summed E-state index contributed by atoms with van der Waals surface area (Å²) in [5.74, 6) is 0.547. The van der Waals surface area contributed by atoms with Crippen LogP contribution in [0.25, 0.3) is 32.8 Å². The van der Waals surface area contributed by atoms with Gasteiger partial charge < -0.3 is 5.11 Å². The van der Waals surface area contributed by atoms with Crippen LogP contribution >= 0.6 is 11.8 Å². The minimum Gasteiger partial charge on any atom is -0.512 e. The Bertz CT molecular complexity index is 1720. The van der Waals surface area contributed by atoms with E-state index in [-0.39, 0.29) is 54.3 Å². The average Bonchev–Trinajstić information content (AvgIpc) is 2.97. The number of ketones is 1. The van der Waals surface area contributed by atoms with Gasteiger partial charge >= 0.3 is 0 Å². The molecule has 5 heteroatoms. The zero-order valence-corrected chi connectivity index (χ0v) is 33.3. The second kappa shape index (κ2) is 16.3. The third kappa shape index (κ3) is 9.58. The molecule has 47 heavy (non-hydrogen) atoms. The Morgan fingerprint density at radius 2 is 1.51 bits per heavy atom. The van der Waals surface area contributed by atoms with Crippen LogP contribution in [-0.4, -0.2) is 15.9 Å². The van der Waals surface area contributed by atoms with Crippen molar-refractivity contribution in [2.24, 2.45) is 22.7 Å². The number of fused-ring (bicyclic) bond motifs is 3. The van der Waals surface area contributed by atoms with Gasteiger partial charge in [0.05, 0.1) is 5.76 Å². The monoisotopic (exact) mass is 829 g/mol. The van der Waals surface area contributed by atoms with Crippen molar-refractivity contribution < 1.29 is 30.0 Å². The first-order chi connectivity index (χ1) is 21.7. The molecule has 0 fully saturated rings. The van der Waals surface area contributed by atoms with Crippen molar-refractivity contribution in [1.82, 2.24) is 4.98 Å². The van der Waals surface area contributed by atoms with Gasteiger partial charge in [0.15, 0.2) is 5.78 Å². The number of nitrogens with zero attached hydrogens (tertiary/aromatic N) is 1. The Labute approximate surface area is 301 Å². The first-order valence-corrected chi connectivity index (χ1v) is 18.0. The minimum atomic E-state index is 0. The van der Waals surface area contributed by atoms with Gasteiger partial charge in [0.2, 0.25) is 0 Å². The molecule has 0 saturated heterocycles. The molecule has 3 aromatic carbocycles. The maximum absolute atomic E-state index is 11.7. The smallest absolute Gasteiger partial charge is 0.162 e. The molecule has 1 aromatic heterocycles. The number of carbonyl (C=O) groups excluding carboxylic acids is 1. The van der Waals surface area contributed by atoms with Gasteiger partial charge in [0, 0.05) is 54.8 Å². The van der Waals surface area contributed by atoms with E-state index in [4.69, 9.17) is 4.98 Å². The molecule has 0 unspecified atom stereocenters. The summed E-state index contributed by atoms with van der Waals surface area (Å²) in [6.07, 6.45) is 8.97. The van der Waals surface area contributed by atoms with E-state index in [1.165, 1.54) is 54.1 Å². The second-order valence-corrected chi connectivity index (χ2v) is 16.3. The molecule has 0 amide bonds. The van der Waals surface area contributed by atoms with E-state index in [1.807, 2.05) is 45.7 Å². The number of carbonyl (C=O) groups is 1. The fraction of sp³-hybridized carbons (Fsp3) is 0.476. The van der Waals surface area contributed by atoms with Gasteiger partial charge in [-0.1, -0.05) is 110 Å². The molecule has 255 valence electrons. The standard InChI is InChI=1S/C29H30NS.C13H24O2.Ir/c1-28(2,3)16-18-13-20-11-12-30-26-22-15-19-9-7-8-10-21(19)23(17-29(4,5)6)27(22)31-24(14-18)25(20)26;1-5-10(6-2)12(14)9-13(15)11(7-3)8-4;/h7-14H,16-17H2,1-6H3;9-11,14H,5-8H2,1-4H3;/q-1;;/b;12-9-;. The van der Waals surface area contributed by atoms with Crippen molar-refractivity contribution in [1.29, 1.82) is 0 Å². The number of rotatable bonds is 9. The summed E-state index contributed by atoms with van der Waals surface area (Å²) in [6, 6.07) is 19.4. The molecule has 3 nitrogen and oxygen atoms in total. The van der Waals surface area contributed by atoms with E-state index < -0.39 is 0 Å². The molecule has 2 heterocycles. The van der Waals surface area contributed by atoms with Crippen LogP contribution in [0.5, 0.6) is 0 Å². The van der Waals surface area contributed by atoms with Gasteiger partial charge in [-0.25, -0.2) is 0 Å². The van der Waals surface area contributed by atoms with E-state index >= 15 is 0 Å². The average molecular weight is 829 g/mol. The number of pyridine rings is 1. The molecule has 0 spiro atoms. The Morgan fingerprint density at radius 1 is 0.894 bits per heavy atom. The molecule has 1 aliphatic rings. The number of benzene rings is 3. The van der Waals surface area contributed by atoms with Crippen molar-refractivity contribution in [3.63, 3.8) is 0 Å². The first-order valence-electron chi connectivity index (χ1n) is 17.2. The molecule has 0 atom stereocenters. The Hall–Kier alpha value is -2.46. The molecule has 0 aliphatic carbocycles. The summed E-state index contributed by atoms with van der Waals surface area (Å²) < 4.78 is 0.